The lowest BCUT2D eigenvalue weighted by Crippen LogP contribution is -2.34. The fourth-order valence-corrected chi connectivity index (χ4v) is 5.76. The van der Waals surface area contributed by atoms with E-state index in [0.717, 1.165) is 61.0 Å². The second-order valence-electron chi connectivity index (χ2n) is 10.3. The summed E-state index contributed by atoms with van der Waals surface area (Å²) in [4.78, 5) is 10.3. The molecule has 0 radical (unpaired) electrons. The van der Waals surface area contributed by atoms with Crippen molar-refractivity contribution in [3.63, 3.8) is 0 Å². The molecular weight excluding hydrogens is 502 g/mol. The van der Waals surface area contributed by atoms with Crippen molar-refractivity contribution in [2.75, 3.05) is 0 Å². The Hall–Kier alpha value is -5.48. The number of furan rings is 1. The molecule has 194 valence electrons. The third-order valence-corrected chi connectivity index (χ3v) is 7.72. The Labute approximate surface area is 237 Å². The van der Waals surface area contributed by atoms with Crippen LogP contribution in [0.2, 0.25) is 0 Å². The highest BCUT2D eigenvalue weighted by atomic mass is 16.3. The molecule has 0 aliphatic carbocycles. The Morgan fingerprint density at radius 3 is 1.95 bits per heavy atom. The summed E-state index contributed by atoms with van der Waals surface area (Å²) in [7, 11) is 0. The van der Waals surface area contributed by atoms with Gasteiger partial charge in [-0.2, -0.15) is 0 Å². The predicted octanol–water partition coefficient (Wildman–Crippen LogP) is 8.90. The fraction of sp³-hybridized carbons (Fsp3) is 0.0270. The van der Waals surface area contributed by atoms with E-state index in [4.69, 9.17) is 14.4 Å². The van der Waals surface area contributed by atoms with E-state index < -0.39 is 0 Å². The third kappa shape index (κ3) is 4.09. The molecular formula is C37H25N3O. The zero-order valence-electron chi connectivity index (χ0n) is 22.2. The number of nitrogens with zero attached hydrogens (tertiary/aromatic N) is 2. The van der Waals surface area contributed by atoms with Crippen LogP contribution in [0.1, 0.15) is 22.9 Å². The highest BCUT2D eigenvalue weighted by molar-refractivity contribution is 6.25. The zero-order valence-corrected chi connectivity index (χ0v) is 22.2. The SMILES string of the molecule is c1ccc(C2=NC(c3ccccc3)NC(c3c(-c4ccccc4)ccc4oc5cc6ccccc6cc5c34)=N2)cc1. The number of nitrogens with one attached hydrogen (secondary N) is 1. The van der Waals surface area contributed by atoms with Crippen LogP contribution in [0.4, 0.5) is 0 Å². The molecule has 7 aromatic rings. The first-order chi connectivity index (χ1) is 20.3. The van der Waals surface area contributed by atoms with Crippen LogP contribution in [0.15, 0.2) is 154 Å². The lowest BCUT2D eigenvalue weighted by molar-refractivity contribution is 0.668. The van der Waals surface area contributed by atoms with Gasteiger partial charge in [0.2, 0.25) is 0 Å². The Morgan fingerprint density at radius 2 is 1.22 bits per heavy atom. The maximum Gasteiger partial charge on any atom is 0.159 e. The van der Waals surface area contributed by atoms with Gasteiger partial charge in [-0.3, -0.25) is 0 Å². The van der Waals surface area contributed by atoms with Crippen LogP contribution in [-0.2, 0) is 0 Å². The number of fused-ring (bicyclic) bond motifs is 4. The molecule has 0 fully saturated rings. The highest BCUT2D eigenvalue weighted by Gasteiger charge is 2.26. The Bertz CT molecular complexity index is 2110. The monoisotopic (exact) mass is 527 g/mol. The first-order valence-electron chi connectivity index (χ1n) is 13.8. The molecule has 0 saturated heterocycles. The Balaban J connectivity index is 1.44. The van der Waals surface area contributed by atoms with E-state index in [1.807, 2.05) is 42.5 Å². The largest absolute Gasteiger partial charge is 0.456 e. The Kier molecular flexibility index (Phi) is 5.49. The van der Waals surface area contributed by atoms with Gasteiger partial charge in [0.1, 0.15) is 23.2 Å². The van der Waals surface area contributed by atoms with Crippen molar-refractivity contribution in [3.05, 3.63) is 156 Å². The molecule has 0 saturated carbocycles. The summed E-state index contributed by atoms with van der Waals surface area (Å²) in [6.45, 7) is 0. The average Bonchev–Trinajstić information content (AvgIpc) is 3.41. The van der Waals surface area contributed by atoms with Gasteiger partial charge in [-0.15, -0.1) is 0 Å². The van der Waals surface area contributed by atoms with E-state index in [0.29, 0.717) is 5.84 Å². The van der Waals surface area contributed by atoms with Crippen molar-refractivity contribution in [1.82, 2.24) is 5.32 Å². The van der Waals surface area contributed by atoms with Gasteiger partial charge in [0.05, 0.1) is 0 Å². The predicted molar refractivity (Wildman–Crippen MR) is 168 cm³/mol. The summed E-state index contributed by atoms with van der Waals surface area (Å²) in [6, 6.07) is 48.0. The molecule has 1 unspecified atom stereocenters. The number of hydrogen-bond donors (Lipinski definition) is 1. The van der Waals surface area contributed by atoms with E-state index in [9.17, 15) is 0 Å². The number of aliphatic imine (C=N–C) groups is 2. The van der Waals surface area contributed by atoms with Gasteiger partial charge in [0.25, 0.3) is 0 Å². The zero-order chi connectivity index (χ0) is 27.2. The molecule has 1 N–H and O–H groups in total. The second kappa shape index (κ2) is 9.61. The smallest absolute Gasteiger partial charge is 0.159 e. The first kappa shape index (κ1) is 23.4. The van der Waals surface area contributed by atoms with E-state index in [2.05, 4.69) is 102 Å². The molecule has 4 nitrogen and oxygen atoms in total. The summed E-state index contributed by atoms with van der Waals surface area (Å²) in [6.07, 6.45) is -0.295. The molecule has 4 heteroatoms. The molecule has 1 atom stereocenters. The van der Waals surface area contributed by atoms with Gasteiger partial charge in [0.15, 0.2) is 5.84 Å². The van der Waals surface area contributed by atoms with Crippen molar-refractivity contribution in [3.8, 4) is 11.1 Å². The minimum Gasteiger partial charge on any atom is -0.456 e. The molecule has 8 rings (SSSR count). The third-order valence-electron chi connectivity index (χ3n) is 7.72. The quantitative estimate of drug-likeness (QED) is 0.248. The van der Waals surface area contributed by atoms with Gasteiger partial charge in [0, 0.05) is 21.9 Å². The molecule has 1 aliphatic heterocycles. The summed E-state index contributed by atoms with van der Waals surface area (Å²) < 4.78 is 6.49. The van der Waals surface area contributed by atoms with Crippen molar-refractivity contribution >= 4 is 44.4 Å². The van der Waals surface area contributed by atoms with Crippen molar-refractivity contribution in [1.29, 1.82) is 0 Å². The van der Waals surface area contributed by atoms with Gasteiger partial charge in [-0.05, 0) is 51.7 Å². The molecule has 6 aromatic carbocycles. The van der Waals surface area contributed by atoms with Gasteiger partial charge in [-0.1, -0.05) is 115 Å². The molecule has 0 amide bonds. The second-order valence-corrected chi connectivity index (χ2v) is 10.3. The van der Waals surface area contributed by atoms with Crippen LogP contribution in [0.25, 0.3) is 43.8 Å². The highest BCUT2D eigenvalue weighted by Crippen LogP contribution is 2.39. The number of hydrogen-bond acceptors (Lipinski definition) is 4. The topological polar surface area (TPSA) is 49.9 Å². The van der Waals surface area contributed by atoms with E-state index in [-0.39, 0.29) is 6.17 Å². The van der Waals surface area contributed by atoms with Crippen LogP contribution in [0, 0.1) is 0 Å². The molecule has 0 bridgehead atoms. The van der Waals surface area contributed by atoms with Gasteiger partial charge in [-0.25, -0.2) is 9.98 Å². The standard InChI is InChI=1S/C37H25N3O/c1-4-12-24(13-5-1)29-20-21-31-33(30-22-27-18-10-11-19-28(27)23-32(30)41-31)34(29)37-39-35(25-14-6-2-7-15-25)38-36(40-37)26-16-8-3-9-17-26/h1-23,35H,(H,38,39,40). The molecule has 2 heterocycles. The van der Waals surface area contributed by atoms with Gasteiger partial charge >= 0.3 is 0 Å². The maximum atomic E-state index is 6.49. The molecule has 0 spiro atoms. The average molecular weight is 528 g/mol. The summed E-state index contributed by atoms with van der Waals surface area (Å²) in [5.74, 6) is 1.47. The van der Waals surface area contributed by atoms with E-state index in [1.54, 1.807) is 0 Å². The molecule has 41 heavy (non-hydrogen) atoms. The number of benzene rings is 6. The molecule has 1 aromatic heterocycles. The Morgan fingerprint density at radius 1 is 0.585 bits per heavy atom. The fourth-order valence-electron chi connectivity index (χ4n) is 5.76. The van der Waals surface area contributed by atoms with Crippen LogP contribution in [0.5, 0.6) is 0 Å². The van der Waals surface area contributed by atoms with Gasteiger partial charge < -0.3 is 9.73 Å². The van der Waals surface area contributed by atoms with Crippen molar-refractivity contribution < 1.29 is 4.42 Å². The van der Waals surface area contributed by atoms with Crippen LogP contribution in [-0.4, -0.2) is 11.7 Å². The minimum atomic E-state index is -0.295. The first-order valence-corrected chi connectivity index (χ1v) is 13.8. The number of rotatable bonds is 4. The summed E-state index contributed by atoms with van der Waals surface area (Å²) >= 11 is 0. The van der Waals surface area contributed by atoms with E-state index in [1.165, 1.54) is 5.39 Å². The molecule has 1 aliphatic rings. The lowest BCUT2D eigenvalue weighted by atomic mass is 9.93. The maximum absolute atomic E-state index is 6.49. The van der Waals surface area contributed by atoms with Crippen molar-refractivity contribution in [2.24, 2.45) is 9.98 Å². The lowest BCUT2D eigenvalue weighted by Gasteiger charge is -2.25. The summed E-state index contributed by atoms with van der Waals surface area (Å²) in [5, 5.41) is 8.13. The van der Waals surface area contributed by atoms with Crippen molar-refractivity contribution in [2.45, 2.75) is 6.17 Å². The summed E-state index contributed by atoms with van der Waals surface area (Å²) in [5.41, 5.74) is 6.94. The minimum absolute atomic E-state index is 0.295. The number of amidine groups is 2. The van der Waals surface area contributed by atoms with Crippen LogP contribution >= 0.6 is 0 Å². The normalized spacial score (nSPS) is 15.1. The van der Waals surface area contributed by atoms with E-state index >= 15 is 0 Å². The van der Waals surface area contributed by atoms with Crippen LogP contribution < -0.4 is 5.32 Å². The van der Waals surface area contributed by atoms with Crippen LogP contribution in [0.3, 0.4) is 0 Å².